The molecule has 4 nitrogen and oxygen atoms in total. The summed E-state index contributed by atoms with van der Waals surface area (Å²) in [6, 6.07) is 9.89. The van der Waals surface area contributed by atoms with E-state index in [0.717, 1.165) is 24.5 Å². The number of ether oxygens (including phenoxy) is 2. The number of carbonyl (C=O) groups is 1. The van der Waals surface area contributed by atoms with Gasteiger partial charge in [0, 0.05) is 29.4 Å². The molecule has 3 rings (SSSR count). The van der Waals surface area contributed by atoms with Crippen LogP contribution in [0.2, 0.25) is 5.02 Å². The molecule has 158 valence electrons. The van der Waals surface area contributed by atoms with E-state index >= 15 is 0 Å². The van der Waals surface area contributed by atoms with Crippen molar-refractivity contribution in [2.45, 2.75) is 65.7 Å². The van der Waals surface area contributed by atoms with Crippen molar-refractivity contribution in [2.24, 2.45) is 11.3 Å². The lowest BCUT2D eigenvalue weighted by molar-refractivity contribution is -0.150. The predicted molar refractivity (Wildman–Crippen MR) is 116 cm³/mol. The van der Waals surface area contributed by atoms with E-state index in [1.165, 1.54) is 30.4 Å². The molecule has 1 aromatic heterocycles. The number of rotatable bonds is 11. The predicted octanol–water partition coefficient (Wildman–Crippen LogP) is 5.85. The van der Waals surface area contributed by atoms with Gasteiger partial charge < -0.3 is 14.0 Å². The van der Waals surface area contributed by atoms with Crippen LogP contribution in [0.5, 0.6) is 0 Å². The fourth-order valence-electron chi connectivity index (χ4n) is 3.81. The molecule has 2 unspecified atom stereocenters. The number of carbonyl (C=O) groups excluding carboxylic acids is 1. The molecule has 1 saturated carbocycles. The monoisotopic (exact) mass is 417 g/mol. The standard InChI is InChI=1S/C24H32ClNO3/c1-4-5-6-7-14-28-22-21(24(22,2)3)23(27)29-17-26-13-12-19(16-26)15-18-8-10-20(25)11-9-18/h8-13,16,21-22H,4-7,14-15,17H2,1-3H3. The number of unbranched alkanes of at least 4 members (excludes halogenated alkanes) is 3. The summed E-state index contributed by atoms with van der Waals surface area (Å²) in [6.45, 7) is 7.31. The lowest BCUT2D eigenvalue weighted by atomic mass is 10.1. The van der Waals surface area contributed by atoms with Crippen molar-refractivity contribution in [3.63, 3.8) is 0 Å². The molecule has 1 heterocycles. The minimum Gasteiger partial charge on any atom is -0.444 e. The van der Waals surface area contributed by atoms with Gasteiger partial charge in [0.2, 0.25) is 0 Å². The first kappa shape index (κ1) is 21.9. The average Bonchev–Trinajstić information content (AvgIpc) is 3.01. The van der Waals surface area contributed by atoms with Crippen LogP contribution in [0.15, 0.2) is 42.7 Å². The molecule has 0 bridgehead atoms. The summed E-state index contributed by atoms with van der Waals surface area (Å²) in [5.41, 5.74) is 2.23. The molecule has 0 aliphatic heterocycles. The number of aromatic nitrogens is 1. The molecule has 2 aromatic rings. The van der Waals surface area contributed by atoms with Crippen molar-refractivity contribution in [2.75, 3.05) is 6.61 Å². The van der Waals surface area contributed by atoms with Crippen molar-refractivity contribution in [3.05, 3.63) is 58.9 Å². The van der Waals surface area contributed by atoms with Crippen LogP contribution in [-0.4, -0.2) is 23.2 Å². The zero-order chi connectivity index (χ0) is 20.9. The first-order valence-electron chi connectivity index (χ1n) is 10.6. The van der Waals surface area contributed by atoms with E-state index in [1.54, 1.807) is 0 Å². The molecule has 2 atom stereocenters. The van der Waals surface area contributed by atoms with E-state index < -0.39 is 0 Å². The normalized spacial score (nSPS) is 19.9. The van der Waals surface area contributed by atoms with E-state index in [0.29, 0.717) is 0 Å². The van der Waals surface area contributed by atoms with E-state index in [-0.39, 0.29) is 30.1 Å². The molecule has 1 aliphatic rings. The Morgan fingerprint density at radius 3 is 2.59 bits per heavy atom. The summed E-state index contributed by atoms with van der Waals surface area (Å²) in [5, 5.41) is 0.740. The van der Waals surface area contributed by atoms with E-state index in [4.69, 9.17) is 21.1 Å². The zero-order valence-corrected chi connectivity index (χ0v) is 18.5. The third kappa shape index (κ3) is 5.86. The van der Waals surface area contributed by atoms with Crippen LogP contribution in [0.25, 0.3) is 0 Å². The summed E-state index contributed by atoms with van der Waals surface area (Å²) in [4.78, 5) is 12.5. The van der Waals surface area contributed by atoms with Gasteiger partial charge in [0.25, 0.3) is 0 Å². The van der Waals surface area contributed by atoms with Gasteiger partial charge in [0.1, 0.15) is 0 Å². The van der Waals surface area contributed by atoms with Gasteiger partial charge >= 0.3 is 5.97 Å². The van der Waals surface area contributed by atoms with Crippen molar-refractivity contribution in [3.8, 4) is 0 Å². The molecule has 0 spiro atoms. The fraction of sp³-hybridized carbons (Fsp3) is 0.542. The molecule has 1 fully saturated rings. The first-order chi connectivity index (χ1) is 13.9. The molecular formula is C24H32ClNO3. The topological polar surface area (TPSA) is 40.5 Å². The van der Waals surface area contributed by atoms with Crippen molar-refractivity contribution in [1.29, 1.82) is 0 Å². The summed E-state index contributed by atoms with van der Waals surface area (Å²) in [6.07, 6.45) is 9.44. The minimum atomic E-state index is -0.169. The Kier molecular flexibility index (Phi) is 7.42. The maximum Gasteiger partial charge on any atom is 0.313 e. The van der Waals surface area contributed by atoms with Gasteiger partial charge in [-0.1, -0.05) is 63.8 Å². The fourth-order valence-corrected chi connectivity index (χ4v) is 3.94. The average molecular weight is 418 g/mol. The van der Waals surface area contributed by atoms with Crippen LogP contribution in [0.4, 0.5) is 0 Å². The molecule has 0 amide bonds. The highest BCUT2D eigenvalue weighted by atomic mass is 35.5. The Morgan fingerprint density at radius 1 is 1.10 bits per heavy atom. The Morgan fingerprint density at radius 2 is 1.86 bits per heavy atom. The third-order valence-corrected chi connectivity index (χ3v) is 6.02. The first-order valence-corrected chi connectivity index (χ1v) is 11.0. The van der Waals surface area contributed by atoms with Crippen LogP contribution >= 0.6 is 11.6 Å². The molecule has 1 aliphatic carbocycles. The van der Waals surface area contributed by atoms with Crippen molar-refractivity contribution >= 4 is 17.6 Å². The van der Waals surface area contributed by atoms with Gasteiger partial charge in [-0.05, 0) is 42.2 Å². The molecule has 0 saturated heterocycles. The Hall–Kier alpha value is -1.78. The van der Waals surface area contributed by atoms with Gasteiger partial charge in [-0.25, -0.2) is 0 Å². The van der Waals surface area contributed by atoms with Crippen molar-refractivity contribution in [1.82, 2.24) is 4.57 Å². The molecule has 0 N–H and O–H groups in total. The van der Waals surface area contributed by atoms with Crippen LogP contribution in [-0.2, 0) is 27.4 Å². The Labute approximate surface area is 179 Å². The van der Waals surface area contributed by atoms with E-state index in [9.17, 15) is 4.79 Å². The lowest BCUT2D eigenvalue weighted by Crippen LogP contribution is -2.14. The summed E-state index contributed by atoms with van der Waals surface area (Å²) >= 11 is 5.94. The number of benzene rings is 1. The largest absolute Gasteiger partial charge is 0.444 e. The summed E-state index contributed by atoms with van der Waals surface area (Å²) < 4.78 is 13.4. The van der Waals surface area contributed by atoms with Crippen LogP contribution in [0, 0.1) is 11.3 Å². The van der Waals surface area contributed by atoms with Gasteiger partial charge in [-0.15, -0.1) is 0 Å². The Balaban J connectivity index is 1.43. The molecule has 29 heavy (non-hydrogen) atoms. The molecular weight excluding hydrogens is 386 g/mol. The molecule has 5 heteroatoms. The summed E-state index contributed by atoms with van der Waals surface area (Å²) in [7, 11) is 0. The minimum absolute atomic E-state index is 0.0262. The Bertz CT molecular complexity index is 797. The second kappa shape index (κ2) is 9.82. The molecule has 1 aromatic carbocycles. The van der Waals surface area contributed by atoms with Gasteiger partial charge in [-0.3, -0.25) is 4.79 Å². The van der Waals surface area contributed by atoms with Gasteiger partial charge in [0.15, 0.2) is 6.73 Å². The number of hydrogen-bond donors (Lipinski definition) is 0. The van der Waals surface area contributed by atoms with Crippen LogP contribution < -0.4 is 0 Å². The smallest absolute Gasteiger partial charge is 0.313 e. The highest BCUT2D eigenvalue weighted by molar-refractivity contribution is 6.30. The lowest BCUT2D eigenvalue weighted by Gasteiger charge is -2.06. The highest BCUT2D eigenvalue weighted by Crippen LogP contribution is 2.54. The summed E-state index contributed by atoms with van der Waals surface area (Å²) in [5.74, 6) is -0.334. The third-order valence-electron chi connectivity index (χ3n) is 5.77. The van der Waals surface area contributed by atoms with Crippen LogP contribution in [0.3, 0.4) is 0 Å². The van der Waals surface area contributed by atoms with Crippen molar-refractivity contribution < 1.29 is 14.3 Å². The van der Waals surface area contributed by atoms with Gasteiger partial charge in [-0.2, -0.15) is 0 Å². The maximum atomic E-state index is 12.5. The number of hydrogen-bond acceptors (Lipinski definition) is 3. The second-order valence-corrected chi connectivity index (χ2v) is 9.02. The van der Waals surface area contributed by atoms with Crippen LogP contribution in [0.1, 0.15) is 57.6 Å². The van der Waals surface area contributed by atoms with E-state index in [2.05, 4.69) is 20.8 Å². The zero-order valence-electron chi connectivity index (χ0n) is 17.7. The second-order valence-electron chi connectivity index (χ2n) is 8.58. The SMILES string of the molecule is CCCCCCOC1C(C(=O)OCn2ccc(Cc3ccc(Cl)cc3)c2)C1(C)C. The number of esters is 1. The molecule has 0 radical (unpaired) electrons. The number of nitrogens with zero attached hydrogens (tertiary/aromatic N) is 1. The highest BCUT2D eigenvalue weighted by Gasteiger charge is 2.64. The quantitative estimate of drug-likeness (QED) is 0.340. The van der Waals surface area contributed by atoms with Gasteiger partial charge in [0.05, 0.1) is 12.0 Å². The van der Waals surface area contributed by atoms with E-state index in [1.807, 2.05) is 47.3 Å². The maximum absolute atomic E-state index is 12.5. The number of halogens is 1.